The molecule has 2 N–H and O–H groups in total. The van der Waals surface area contributed by atoms with Crippen LogP contribution in [0.5, 0.6) is 0 Å². The number of nitrogens with one attached hydrogen (secondary N) is 2. The van der Waals surface area contributed by atoms with Gasteiger partial charge in [0.15, 0.2) is 0 Å². The Kier molecular flexibility index (Phi) is 7.98. The van der Waals surface area contributed by atoms with Crippen LogP contribution in [0, 0.1) is 11.7 Å². The van der Waals surface area contributed by atoms with Crippen LogP contribution in [0.2, 0.25) is 0 Å². The molecule has 0 aromatic heterocycles. The molecule has 0 unspecified atom stereocenters. The maximum absolute atomic E-state index is 13.2. The third kappa shape index (κ3) is 5.93. The molecule has 32 heavy (non-hydrogen) atoms. The Morgan fingerprint density at radius 1 is 0.969 bits per heavy atom. The second kappa shape index (κ2) is 10.9. The number of hydrogen-bond donors (Lipinski definition) is 2. The Morgan fingerprint density at radius 2 is 1.59 bits per heavy atom. The topological polar surface area (TPSA) is 78.5 Å². The van der Waals surface area contributed by atoms with E-state index in [4.69, 9.17) is 0 Å². The van der Waals surface area contributed by atoms with Gasteiger partial charge in [-0.2, -0.15) is 0 Å². The second-order valence-electron chi connectivity index (χ2n) is 8.27. The standard InChI is InChI=1S/C25H30FN3O3/c1-3-17(2)27-24(31)22(28-23(30)19-9-11-21(26)12-10-19)18-13-15-29(16-14-18)25(32)20-7-5-4-6-8-20/h4-12,17-18,22H,3,13-16H2,1-2H3,(H,27,31)(H,28,30)/t17-,22-/m1/s1. The molecule has 1 fully saturated rings. The molecule has 1 saturated heterocycles. The average Bonchev–Trinajstić information content (AvgIpc) is 2.82. The van der Waals surface area contributed by atoms with Crippen molar-refractivity contribution in [2.45, 2.75) is 45.2 Å². The highest BCUT2D eigenvalue weighted by Gasteiger charge is 2.34. The monoisotopic (exact) mass is 439 g/mol. The lowest BCUT2D eigenvalue weighted by Crippen LogP contribution is -2.55. The van der Waals surface area contributed by atoms with E-state index in [0.29, 0.717) is 37.1 Å². The highest BCUT2D eigenvalue weighted by atomic mass is 19.1. The van der Waals surface area contributed by atoms with E-state index < -0.39 is 17.8 Å². The Hall–Kier alpha value is -3.22. The molecule has 7 heteroatoms. The SMILES string of the molecule is CC[C@@H](C)NC(=O)[C@H](NC(=O)c1ccc(F)cc1)C1CCN(C(=O)c2ccccc2)CC1. The third-order valence-corrected chi connectivity index (χ3v) is 6.00. The normalized spacial score (nSPS) is 16.2. The number of nitrogens with zero attached hydrogens (tertiary/aromatic N) is 1. The van der Waals surface area contributed by atoms with Crippen LogP contribution < -0.4 is 10.6 Å². The highest BCUT2D eigenvalue weighted by Crippen LogP contribution is 2.23. The predicted molar refractivity (Wildman–Crippen MR) is 121 cm³/mol. The maximum atomic E-state index is 13.2. The van der Waals surface area contributed by atoms with E-state index in [1.165, 1.54) is 24.3 Å². The molecule has 0 spiro atoms. The maximum Gasteiger partial charge on any atom is 0.253 e. The number of piperidine rings is 1. The summed E-state index contributed by atoms with van der Waals surface area (Å²) in [5.74, 6) is -1.22. The first-order valence-electron chi connectivity index (χ1n) is 11.1. The van der Waals surface area contributed by atoms with Gasteiger partial charge in [0.05, 0.1) is 0 Å². The Balaban J connectivity index is 1.69. The van der Waals surface area contributed by atoms with Crippen molar-refractivity contribution in [1.29, 1.82) is 0 Å². The Morgan fingerprint density at radius 3 is 2.19 bits per heavy atom. The van der Waals surface area contributed by atoms with Crippen molar-refractivity contribution < 1.29 is 18.8 Å². The zero-order valence-electron chi connectivity index (χ0n) is 18.5. The molecule has 0 bridgehead atoms. The van der Waals surface area contributed by atoms with E-state index in [9.17, 15) is 18.8 Å². The lowest BCUT2D eigenvalue weighted by atomic mass is 9.88. The molecule has 2 aromatic rings. The van der Waals surface area contributed by atoms with Crippen LogP contribution in [0.3, 0.4) is 0 Å². The number of halogens is 1. The van der Waals surface area contributed by atoms with Crippen LogP contribution in [0.1, 0.15) is 53.8 Å². The summed E-state index contributed by atoms with van der Waals surface area (Å²) in [7, 11) is 0. The summed E-state index contributed by atoms with van der Waals surface area (Å²) in [6.07, 6.45) is 1.97. The summed E-state index contributed by atoms with van der Waals surface area (Å²) in [5, 5.41) is 5.81. The lowest BCUT2D eigenvalue weighted by molar-refractivity contribution is -0.125. The minimum atomic E-state index is -0.726. The van der Waals surface area contributed by atoms with Crippen molar-refractivity contribution in [3.8, 4) is 0 Å². The lowest BCUT2D eigenvalue weighted by Gasteiger charge is -2.36. The van der Waals surface area contributed by atoms with E-state index in [0.717, 1.165) is 6.42 Å². The Bertz CT molecular complexity index is 925. The molecule has 170 valence electrons. The van der Waals surface area contributed by atoms with Crippen molar-refractivity contribution >= 4 is 17.7 Å². The molecule has 2 atom stereocenters. The second-order valence-corrected chi connectivity index (χ2v) is 8.27. The molecule has 2 aromatic carbocycles. The van der Waals surface area contributed by atoms with E-state index in [1.807, 2.05) is 32.0 Å². The molecule has 3 rings (SSSR count). The van der Waals surface area contributed by atoms with Crippen molar-refractivity contribution in [2.24, 2.45) is 5.92 Å². The van der Waals surface area contributed by atoms with Gasteiger partial charge in [0.1, 0.15) is 11.9 Å². The van der Waals surface area contributed by atoms with E-state index in [-0.39, 0.29) is 23.8 Å². The summed E-state index contributed by atoms with van der Waals surface area (Å²) >= 11 is 0. The van der Waals surface area contributed by atoms with Gasteiger partial charge >= 0.3 is 0 Å². The van der Waals surface area contributed by atoms with Gasteiger partial charge < -0.3 is 15.5 Å². The van der Waals surface area contributed by atoms with E-state index in [1.54, 1.807) is 17.0 Å². The van der Waals surface area contributed by atoms with Crippen LogP contribution in [0.25, 0.3) is 0 Å². The Labute approximate surface area is 188 Å². The fourth-order valence-corrected chi connectivity index (χ4v) is 3.86. The average molecular weight is 440 g/mol. The number of carbonyl (C=O) groups excluding carboxylic acids is 3. The van der Waals surface area contributed by atoms with Crippen molar-refractivity contribution in [3.63, 3.8) is 0 Å². The van der Waals surface area contributed by atoms with Gasteiger partial charge in [-0.25, -0.2) is 4.39 Å². The van der Waals surface area contributed by atoms with Crippen molar-refractivity contribution in [2.75, 3.05) is 13.1 Å². The molecule has 1 aliphatic heterocycles. The quantitative estimate of drug-likeness (QED) is 0.694. The van der Waals surface area contributed by atoms with Gasteiger partial charge in [-0.15, -0.1) is 0 Å². The van der Waals surface area contributed by atoms with Crippen molar-refractivity contribution in [1.82, 2.24) is 15.5 Å². The largest absolute Gasteiger partial charge is 0.352 e. The fourth-order valence-electron chi connectivity index (χ4n) is 3.86. The summed E-state index contributed by atoms with van der Waals surface area (Å²) < 4.78 is 13.2. The minimum Gasteiger partial charge on any atom is -0.352 e. The van der Waals surface area contributed by atoms with Crippen LogP contribution in [0.4, 0.5) is 4.39 Å². The number of rotatable bonds is 7. The predicted octanol–water partition coefficient (Wildman–Crippen LogP) is 3.39. The smallest absolute Gasteiger partial charge is 0.253 e. The summed E-state index contributed by atoms with van der Waals surface area (Å²) in [6, 6.07) is 13.6. The van der Waals surface area contributed by atoms with Gasteiger partial charge in [0.25, 0.3) is 11.8 Å². The van der Waals surface area contributed by atoms with Gasteiger partial charge in [-0.05, 0) is 68.5 Å². The number of hydrogen-bond acceptors (Lipinski definition) is 3. The highest BCUT2D eigenvalue weighted by molar-refractivity contribution is 5.97. The summed E-state index contributed by atoms with van der Waals surface area (Å²) in [6.45, 7) is 4.92. The molecule has 0 saturated carbocycles. The molecular formula is C25H30FN3O3. The fraction of sp³-hybridized carbons (Fsp3) is 0.400. The first kappa shape index (κ1) is 23.4. The molecule has 0 aliphatic carbocycles. The van der Waals surface area contributed by atoms with Gasteiger partial charge in [0.2, 0.25) is 5.91 Å². The van der Waals surface area contributed by atoms with Crippen LogP contribution in [-0.2, 0) is 4.79 Å². The number of benzene rings is 2. The number of amides is 3. The molecule has 1 aliphatic rings. The zero-order chi connectivity index (χ0) is 23.1. The summed E-state index contributed by atoms with van der Waals surface area (Å²) in [5.41, 5.74) is 0.936. The molecule has 3 amide bonds. The van der Waals surface area contributed by atoms with E-state index in [2.05, 4.69) is 10.6 Å². The van der Waals surface area contributed by atoms with Crippen LogP contribution in [-0.4, -0.2) is 47.8 Å². The van der Waals surface area contributed by atoms with Gasteiger partial charge in [-0.3, -0.25) is 14.4 Å². The molecule has 0 radical (unpaired) electrons. The molecule has 6 nitrogen and oxygen atoms in total. The first-order valence-corrected chi connectivity index (χ1v) is 11.1. The molecular weight excluding hydrogens is 409 g/mol. The molecule has 1 heterocycles. The number of likely N-dealkylation sites (tertiary alicyclic amines) is 1. The van der Waals surface area contributed by atoms with Crippen LogP contribution >= 0.6 is 0 Å². The first-order chi connectivity index (χ1) is 15.4. The van der Waals surface area contributed by atoms with E-state index >= 15 is 0 Å². The minimum absolute atomic E-state index is 0.0209. The van der Waals surface area contributed by atoms with Crippen LogP contribution in [0.15, 0.2) is 54.6 Å². The zero-order valence-corrected chi connectivity index (χ0v) is 18.5. The summed E-state index contributed by atoms with van der Waals surface area (Å²) in [4.78, 5) is 40.3. The van der Waals surface area contributed by atoms with Crippen molar-refractivity contribution in [3.05, 3.63) is 71.5 Å². The van der Waals surface area contributed by atoms with Gasteiger partial charge in [0, 0.05) is 30.3 Å². The third-order valence-electron chi connectivity index (χ3n) is 6.00. The number of carbonyl (C=O) groups is 3. The van der Waals surface area contributed by atoms with Gasteiger partial charge in [-0.1, -0.05) is 25.1 Å².